The number of nitrogens with one attached hydrogen (secondary N) is 1. The van der Waals surface area contributed by atoms with Crippen molar-refractivity contribution >= 4 is 10.9 Å². The Hall–Kier alpha value is -1.32. The van der Waals surface area contributed by atoms with Gasteiger partial charge in [-0.05, 0) is 17.7 Å². The minimum absolute atomic E-state index is 0.864. The number of fused-ring (bicyclic) bond motifs is 1. The van der Waals surface area contributed by atoms with Crippen LogP contribution in [0.15, 0.2) is 30.5 Å². The first-order chi connectivity index (χ1) is 7.93. The summed E-state index contributed by atoms with van der Waals surface area (Å²) in [4.78, 5) is 5.70. The fourth-order valence-electron chi connectivity index (χ4n) is 2.29. The van der Waals surface area contributed by atoms with Crippen LogP contribution in [-0.4, -0.2) is 36.2 Å². The molecule has 1 fully saturated rings. The number of H-pyrrole nitrogens is 1. The lowest BCUT2D eigenvalue weighted by Gasteiger charge is -2.26. The van der Waals surface area contributed by atoms with E-state index in [4.69, 9.17) is 4.74 Å². The van der Waals surface area contributed by atoms with E-state index in [1.807, 2.05) is 6.20 Å². The van der Waals surface area contributed by atoms with Crippen LogP contribution in [0.3, 0.4) is 0 Å². The Labute approximate surface area is 95.0 Å². The molecule has 3 heteroatoms. The van der Waals surface area contributed by atoms with Crippen molar-refractivity contribution in [1.82, 2.24) is 9.88 Å². The highest BCUT2D eigenvalue weighted by molar-refractivity contribution is 5.82. The Kier molecular flexibility index (Phi) is 2.64. The molecule has 0 bridgehead atoms. The van der Waals surface area contributed by atoms with Gasteiger partial charge in [0.2, 0.25) is 0 Å². The fourth-order valence-corrected chi connectivity index (χ4v) is 2.29. The Morgan fingerprint density at radius 3 is 2.94 bits per heavy atom. The summed E-state index contributed by atoms with van der Waals surface area (Å²) in [6, 6.07) is 8.61. The van der Waals surface area contributed by atoms with Crippen molar-refractivity contribution in [2.45, 2.75) is 6.54 Å². The molecule has 0 aliphatic carbocycles. The van der Waals surface area contributed by atoms with Gasteiger partial charge in [0, 0.05) is 36.7 Å². The van der Waals surface area contributed by atoms with Crippen LogP contribution in [0.1, 0.15) is 5.56 Å². The van der Waals surface area contributed by atoms with Gasteiger partial charge in [-0.25, -0.2) is 0 Å². The van der Waals surface area contributed by atoms with Crippen molar-refractivity contribution in [3.05, 3.63) is 36.0 Å². The van der Waals surface area contributed by atoms with Crippen LogP contribution in [0.2, 0.25) is 0 Å². The second kappa shape index (κ2) is 4.28. The monoisotopic (exact) mass is 216 g/mol. The average Bonchev–Trinajstić information content (AvgIpc) is 2.80. The van der Waals surface area contributed by atoms with Crippen LogP contribution in [0.5, 0.6) is 0 Å². The normalized spacial score (nSPS) is 18.0. The first kappa shape index (κ1) is 9.87. The van der Waals surface area contributed by atoms with Crippen LogP contribution in [0.25, 0.3) is 10.9 Å². The van der Waals surface area contributed by atoms with Crippen LogP contribution < -0.4 is 0 Å². The molecule has 1 aliphatic rings. The van der Waals surface area contributed by atoms with E-state index in [9.17, 15) is 0 Å². The van der Waals surface area contributed by atoms with Crippen molar-refractivity contribution in [3.8, 4) is 0 Å². The molecular formula is C13H16N2O. The molecule has 1 aromatic carbocycles. The lowest BCUT2D eigenvalue weighted by molar-refractivity contribution is 0.0344. The van der Waals surface area contributed by atoms with Crippen molar-refractivity contribution in [2.24, 2.45) is 0 Å². The third-order valence-corrected chi connectivity index (χ3v) is 3.18. The molecule has 1 saturated heterocycles. The predicted molar refractivity (Wildman–Crippen MR) is 64.4 cm³/mol. The number of nitrogens with zero attached hydrogens (tertiary/aromatic N) is 1. The van der Waals surface area contributed by atoms with E-state index in [2.05, 4.69) is 34.1 Å². The van der Waals surface area contributed by atoms with Crippen molar-refractivity contribution in [1.29, 1.82) is 0 Å². The molecule has 3 rings (SSSR count). The van der Waals surface area contributed by atoms with E-state index in [0.717, 1.165) is 32.8 Å². The van der Waals surface area contributed by atoms with Gasteiger partial charge in [0.15, 0.2) is 0 Å². The molecule has 0 amide bonds. The van der Waals surface area contributed by atoms with Gasteiger partial charge in [0.05, 0.1) is 13.2 Å². The van der Waals surface area contributed by atoms with Gasteiger partial charge in [-0.3, -0.25) is 4.90 Å². The summed E-state index contributed by atoms with van der Waals surface area (Å²) in [7, 11) is 0. The molecular weight excluding hydrogens is 200 g/mol. The maximum atomic E-state index is 5.36. The smallest absolute Gasteiger partial charge is 0.0594 e. The number of aromatic nitrogens is 1. The van der Waals surface area contributed by atoms with Crippen molar-refractivity contribution < 1.29 is 4.74 Å². The Morgan fingerprint density at radius 2 is 2.06 bits per heavy atom. The van der Waals surface area contributed by atoms with Crippen LogP contribution in [0.4, 0.5) is 0 Å². The fraction of sp³-hybridized carbons (Fsp3) is 0.385. The molecule has 1 N–H and O–H groups in total. The summed E-state index contributed by atoms with van der Waals surface area (Å²) in [5.41, 5.74) is 2.63. The quantitative estimate of drug-likeness (QED) is 0.831. The number of hydrogen-bond acceptors (Lipinski definition) is 2. The number of rotatable bonds is 2. The SMILES string of the molecule is c1cc(CN2CCOCC2)c2cc[nH]c2c1. The van der Waals surface area contributed by atoms with E-state index in [1.165, 1.54) is 16.5 Å². The summed E-state index contributed by atoms with van der Waals surface area (Å²) >= 11 is 0. The number of morpholine rings is 1. The van der Waals surface area contributed by atoms with Crippen LogP contribution in [0, 0.1) is 0 Å². The first-order valence-electron chi connectivity index (χ1n) is 5.78. The molecule has 0 atom stereocenters. The average molecular weight is 216 g/mol. The molecule has 2 aromatic rings. The standard InChI is InChI=1S/C13H16N2O/c1-2-11(10-15-6-8-16-9-7-15)12-4-5-14-13(12)3-1/h1-5,14H,6-10H2. The van der Waals surface area contributed by atoms with Gasteiger partial charge in [0.1, 0.15) is 0 Å². The minimum atomic E-state index is 0.864. The van der Waals surface area contributed by atoms with Gasteiger partial charge in [-0.2, -0.15) is 0 Å². The summed E-state index contributed by atoms with van der Waals surface area (Å²) < 4.78 is 5.36. The Balaban J connectivity index is 1.85. The molecule has 84 valence electrons. The zero-order chi connectivity index (χ0) is 10.8. The van der Waals surface area contributed by atoms with E-state index in [-0.39, 0.29) is 0 Å². The summed E-state index contributed by atoms with van der Waals surface area (Å²) in [6.45, 7) is 4.84. The van der Waals surface area contributed by atoms with Crippen LogP contribution in [-0.2, 0) is 11.3 Å². The van der Waals surface area contributed by atoms with Gasteiger partial charge in [-0.1, -0.05) is 12.1 Å². The molecule has 0 radical (unpaired) electrons. The summed E-state index contributed by atoms with van der Waals surface area (Å²) in [5.74, 6) is 0. The van der Waals surface area contributed by atoms with E-state index in [1.54, 1.807) is 0 Å². The molecule has 1 aliphatic heterocycles. The topological polar surface area (TPSA) is 28.3 Å². The number of ether oxygens (including phenoxy) is 1. The highest BCUT2D eigenvalue weighted by Crippen LogP contribution is 2.19. The van der Waals surface area contributed by atoms with E-state index in [0.29, 0.717) is 0 Å². The van der Waals surface area contributed by atoms with Gasteiger partial charge >= 0.3 is 0 Å². The number of aromatic amines is 1. The molecule has 3 nitrogen and oxygen atoms in total. The molecule has 0 saturated carbocycles. The largest absolute Gasteiger partial charge is 0.379 e. The molecule has 0 spiro atoms. The minimum Gasteiger partial charge on any atom is -0.379 e. The molecule has 2 heterocycles. The summed E-state index contributed by atoms with van der Waals surface area (Å²) in [5, 5.41) is 1.34. The maximum absolute atomic E-state index is 5.36. The van der Waals surface area contributed by atoms with Crippen molar-refractivity contribution in [3.63, 3.8) is 0 Å². The highest BCUT2D eigenvalue weighted by atomic mass is 16.5. The Bertz CT molecular complexity index is 471. The lowest BCUT2D eigenvalue weighted by atomic mass is 10.1. The second-order valence-corrected chi connectivity index (χ2v) is 4.24. The highest BCUT2D eigenvalue weighted by Gasteiger charge is 2.12. The second-order valence-electron chi connectivity index (χ2n) is 4.24. The zero-order valence-electron chi connectivity index (χ0n) is 9.28. The first-order valence-corrected chi connectivity index (χ1v) is 5.78. The van der Waals surface area contributed by atoms with Crippen molar-refractivity contribution in [2.75, 3.05) is 26.3 Å². The third-order valence-electron chi connectivity index (χ3n) is 3.18. The molecule has 16 heavy (non-hydrogen) atoms. The third kappa shape index (κ3) is 1.84. The summed E-state index contributed by atoms with van der Waals surface area (Å²) in [6.07, 6.45) is 2.01. The van der Waals surface area contributed by atoms with Gasteiger partial charge in [-0.15, -0.1) is 0 Å². The van der Waals surface area contributed by atoms with Crippen LogP contribution >= 0.6 is 0 Å². The van der Waals surface area contributed by atoms with E-state index < -0.39 is 0 Å². The lowest BCUT2D eigenvalue weighted by Crippen LogP contribution is -2.35. The Morgan fingerprint density at radius 1 is 1.19 bits per heavy atom. The van der Waals surface area contributed by atoms with E-state index >= 15 is 0 Å². The number of hydrogen-bond donors (Lipinski definition) is 1. The van der Waals surface area contributed by atoms with Gasteiger partial charge in [0.25, 0.3) is 0 Å². The molecule has 0 unspecified atom stereocenters. The van der Waals surface area contributed by atoms with Gasteiger partial charge < -0.3 is 9.72 Å². The molecule has 1 aromatic heterocycles. The zero-order valence-corrected chi connectivity index (χ0v) is 9.28. The predicted octanol–water partition coefficient (Wildman–Crippen LogP) is 2.00. The number of benzene rings is 1. The maximum Gasteiger partial charge on any atom is 0.0594 e.